The quantitative estimate of drug-likeness (QED) is 0.100. The third-order valence-corrected chi connectivity index (χ3v) is 7.01. The Morgan fingerprint density at radius 1 is 0.667 bits per heavy atom. The summed E-state index contributed by atoms with van der Waals surface area (Å²) in [7, 11) is 0. The summed E-state index contributed by atoms with van der Waals surface area (Å²) in [6, 6.07) is 2.42. The van der Waals surface area contributed by atoms with Gasteiger partial charge in [0, 0.05) is 11.1 Å². The number of phenols is 9. The number of benzene rings is 3. The predicted molar refractivity (Wildman–Crippen MR) is 139 cm³/mol. The summed E-state index contributed by atoms with van der Waals surface area (Å²) in [4.78, 5) is 40.0. The zero-order valence-electron chi connectivity index (χ0n) is 22.2. The molecule has 2 aliphatic heterocycles. The molecular formula is C27H22O18. The molecule has 238 valence electrons. The fraction of sp³-hybridized carbons (Fsp3) is 0.222. The van der Waals surface area contributed by atoms with Crippen molar-refractivity contribution in [3.8, 4) is 62.9 Å². The van der Waals surface area contributed by atoms with Gasteiger partial charge in [-0.3, -0.25) is 0 Å². The van der Waals surface area contributed by atoms with Crippen molar-refractivity contribution >= 4 is 17.9 Å². The first kappa shape index (κ1) is 30.6. The van der Waals surface area contributed by atoms with Crippen LogP contribution in [-0.2, 0) is 18.9 Å². The van der Waals surface area contributed by atoms with Crippen LogP contribution < -0.4 is 0 Å². The van der Waals surface area contributed by atoms with E-state index in [2.05, 4.69) is 0 Å². The van der Waals surface area contributed by atoms with Gasteiger partial charge in [-0.05, 0) is 24.3 Å². The standard InChI is InChI=1S/C27H22O18/c28-5-13-19(36)22-23(27(42-13)45-24(39)6-1-9(29)16(33)10(30)2-6)44-26(41)8-4-12(32)18(35)21(38)15(8)14-7(25(40)43-22)3-11(31)17(34)20(14)37/h1-4,13,19,22-23,27-38H,5H2/t13-,19-,22+,23+,27-/m0/s1. The van der Waals surface area contributed by atoms with E-state index in [1.54, 1.807) is 0 Å². The number of esters is 3. The molecule has 0 spiro atoms. The van der Waals surface area contributed by atoms with Crippen LogP contribution in [0.4, 0.5) is 0 Å². The highest BCUT2D eigenvalue weighted by Crippen LogP contribution is 2.53. The average Bonchev–Trinajstić information content (AvgIpc) is 2.99. The number of carbonyl (C=O) groups excluding carboxylic acids is 3. The number of fused-ring (bicyclic) bond motifs is 4. The Morgan fingerprint density at radius 2 is 1.11 bits per heavy atom. The van der Waals surface area contributed by atoms with Crippen LogP contribution in [0.5, 0.6) is 51.7 Å². The van der Waals surface area contributed by atoms with Crippen LogP contribution in [0, 0.1) is 0 Å². The molecule has 0 amide bonds. The molecular weight excluding hydrogens is 612 g/mol. The number of ether oxygens (including phenoxy) is 4. The molecule has 0 aliphatic carbocycles. The maximum Gasteiger partial charge on any atom is 0.340 e. The van der Waals surface area contributed by atoms with Crippen molar-refractivity contribution < 1.29 is 89.5 Å². The van der Waals surface area contributed by atoms with E-state index in [1.807, 2.05) is 0 Å². The lowest BCUT2D eigenvalue weighted by Gasteiger charge is -2.42. The lowest BCUT2D eigenvalue weighted by molar-refractivity contribution is -0.283. The third-order valence-electron chi connectivity index (χ3n) is 7.01. The molecule has 2 aliphatic rings. The highest BCUT2D eigenvalue weighted by Gasteiger charge is 2.52. The molecule has 0 bridgehead atoms. The van der Waals surface area contributed by atoms with Crippen LogP contribution >= 0.6 is 0 Å². The van der Waals surface area contributed by atoms with Gasteiger partial charge >= 0.3 is 17.9 Å². The van der Waals surface area contributed by atoms with Crippen LogP contribution in [0.2, 0.25) is 0 Å². The van der Waals surface area contributed by atoms with Crippen LogP contribution in [0.3, 0.4) is 0 Å². The summed E-state index contributed by atoms with van der Waals surface area (Å²) in [6.45, 7) is -0.999. The third kappa shape index (κ3) is 4.97. The maximum absolute atomic E-state index is 13.6. The summed E-state index contributed by atoms with van der Waals surface area (Å²) in [6.07, 6.45) is -10.1. The molecule has 0 unspecified atom stereocenters. The molecule has 18 heteroatoms. The Kier molecular flexibility index (Phi) is 7.49. The van der Waals surface area contributed by atoms with E-state index >= 15 is 0 Å². The SMILES string of the molecule is O=C(O[C@@H]1O[C@@H](CO)[C@H](O)[C@H]2OC(=O)c3cc(O)c(O)c(O)c3-c3c(cc(O)c(O)c3O)C(=O)O[C@@H]12)c1cc(O)c(O)c(O)c1. The number of aliphatic hydroxyl groups excluding tert-OH is 2. The van der Waals surface area contributed by atoms with Crippen LogP contribution in [0.1, 0.15) is 31.1 Å². The molecule has 5 atom stereocenters. The van der Waals surface area contributed by atoms with Gasteiger partial charge < -0.3 is 75.1 Å². The molecule has 45 heavy (non-hydrogen) atoms. The van der Waals surface area contributed by atoms with E-state index in [0.717, 1.165) is 0 Å². The minimum Gasteiger partial charge on any atom is -0.504 e. The van der Waals surface area contributed by atoms with Crippen molar-refractivity contribution in [2.75, 3.05) is 6.61 Å². The first-order valence-corrected chi connectivity index (χ1v) is 12.5. The number of hydrogen-bond acceptors (Lipinski definition) is 18. The second kappa shape index (κ2) is 11.0. The van der Waals surface area contributed by atoms with Gasteiger partial charge in [-0.1, -0.05) is 0 Å². The van der Waals surface area contributed by atoms with E-state index in [1.165, 1.54) is 0 Å². The highest BCUT2D eigenvalue weighted by molar-refractivity contribution is 6.08. The first-order chi connectivity index (χ1) is 21.2. The van der Waals surface area contributed by atoms with Gasteiger partial charge in [0.25, 0.3) is 0 Å². The van der Waals surface area contributed by atoms with E-state index in [0.29, 0.717) is 24.3 Å². The predicted octanol–water partition coefficient (Wildman–Crippen LogP) is -0.297. The van der Waals surface area contributed by atoms with Crippen molar-refractivity contribution in [1.29, 1.82) is 0 Å². The van der Waals surface area contributed by atoms with Gasteiger partial charge in [-0.25, -0.2) is 14.4 Å². The molecule has 3 aromatic rings. The maximum atomic E-state index is 13.6. The van der Waals surface area contributed by atoms with E-state index in [-0.39, 0.29) is 0 Å². The molecule has 1 saturated heterocycles. The second-order valence-corrected chi connectivity index (χ2v) is 9.76. The minimum atomic E-state index is -2.15. The monoisotopic (exact) mass is 634 g/mol. The molecule has 0 aromatic heterocycles. The zero-order chi connectivity index (χ0) is 33.1. The fourth-order valence-electron chi connectivity index (χ4n) is 4.78. The Hall–Kier alpha value is -5.85. The molecule has 18 nitrogen and oxygen atoms in total. The normalized spacial score (nSPS) is 22.7. The molecule has 0 radical (unpaired) electrons. The largest absolute Gasteiger partial charge is 0.504 e. The summed E-state index contributed by atoms with van der Waals surface area (Å²) in [5, 5.41) is 112. The Balaban J connectivity index is 1.68. The lowest BCUT2D eigenvalue weighted by Crippen LogP contribution is -2.62. The zero-order valence-corrected chi connectivity index (χ0v) is 22.2. The minimum absolute atomic E-state index is 0.529. The van der Waals surface area contributed by atoms with Crippen molar-refractivity contribution in [3.05, 3.63) is 41.0 Å². The van der Waals surface area contributed by atoms with E-state index in [9.17, 15) is 70.6 Å². The molecule has 2 heterocycles. The van der Waals surface area contributed by atoms with Crippen molar-refractivity contribution in [2.45, 2.75) is 30.7 Å². The number of rotatable bonds is 3. The van der Waals surface area contributed by atoms with Crippen molar-refractivity contribution in [1.82, 2.24) is 0 Å². The number of phenolic OH excluding ortho intramolecular Hbond substituents is 9. The lowest BCUT2D eigenvalue weighted by atomic mass is 9.91. The van der Waals surface area contributed by atoms with Gasteiger partial charge in [-0.15, -0.1) is 0 Å². The van der Waals surface area contributed by atoms with Crippen LogP contribution in [0.25, 0.3) is 11.1 Å². The van der Waals surface area contributed by atoms with Gasteiger partial charge in [-0.2, -0.15) is 0 Å². The van der Waals surface area contributed by atoms with Gasteiger partial charge in [0.1, 0.15) is 12.2 Å². The topological polar surface area (TPSA) is 311 Å². The van der Waals surface area contributed by atoms with Crippen molar-refractivity contribution in [2.24, 2.45) is 0 Å². The fourth-order valence-corrected chi connectivity index (χ4v) is 4.78. The van der Waals surface area contributed by atoms with E-state index < -0.39 is 135 Å². The molecule has 1 fully saturated rings. The highest BCUT2D eigenvalue weighted by atomic mass is 16.7. The summed E-state index contributed by atoms with van der Waals surface area (Å²) in [5.41, 5.74) is -4.17. The van der Waals surface area contributed by atoms with Gasteiger partial charge in [0.2, 0.25) is 23.9 Å². The van der Waals surface area contributed by atoms with E-state index in [4.69, 9.17) is 18.9 Å². The van der Waals surface area contributed by atoms with Gasteiger partial charge in [0.15, 0.2) is 46.4 Å². The molecule has 3 aromatic carbocycles. The summed E-state index contributed by atoms with van der Waals surface area (Å²) < 4.78 is 21.3. The number of aliphatic hydroxyl groups is 2. The van der Waals surface area contributed by atoms with Crippen LogP contribution in [0.15, 0.2) is 24.3 Å². The molecule has 0 saturated carbocycles. The number of aromatic hydroxyl groups is 9. The number of carbonyl (C=O) groups is 3. The smallest absolute Gasteiger partial charge is 0.340 e. The Morgan fingerprint density at radius 3 is 1.58 bits per heavy atom. The van der Waals surface area contributed by atoms with Crippen LogP contribution in [-0.4, -0.2) is 111 Å². The second-order valence-electron chi connectivity index (χ2n) is 9.76. The average molecular weight is 634 g/mol. The summed E-state index contributed by atoms with van der Waals surface area (Å²) in [5.74, 6) is -14.7. The summed E-state index contributed by atoms with van der Waals surface area (Å²) >= 11 is 0. The Bertz CT molecular complexity index is 1730. The Labute approximate surface area is 248 Å². The number of hydrogen-bond donors (Lipinski definition) is 11. The first-order valence-electron chi connectivity index (χ1n) is 12.5. The van der Waals surface area contributed by atoms with Crippen molar-refractivity contribution in [3.63, 3.8) is 0 Å². The van der Waals surface area contributed by atoms with Gasteiger partial charge in [0.05, 0.1) is 23.3 Å². The molecule has 11 N–H and O–H groups in total. The molecule has 5 rings (SSSR count).